The number of carbonyl (C=O) groups excluding carboxylic acids is 1. The van der Waals surface area contributed by atoms with Gasteiger partial charge in [0.1, 0.15) is 0 Å². The van der Waals surface area contributed by atoms with Crippen LogP contribution < -0.4 is 5.32 Å². The average Bonchev–Trinajstić information content (AvgIpc) is 3.27. The number of benzene rings is 1. The maximum atomic E-state index is 12.2. The van der Waals surface area contributed by atoms with Crippen LogP contribution in [0.1, 0.15) is 24.4 Å². The second kappa shape index (κ2) is 6.23. The number of carbonyl (C=O) groups is 2. The Kier molecular flexibility index (Phi) is 4.40. The molecule has 106 valence electrons. The Bertz CT molecular complexity index is 497. The van der Waals surface area contributed by atoms with E-state index in [4.69, 9.17) is 0 Å². The van der Waals surface area contributed by atoms with E-state index in [0.717, 1.165) is 12.8 Å². The number of urea groups is 1. The molecule has 0 heterocycles. The summed E-state index contributed by atoms with van der Waals surface area (Å²) >= 11 is 0. The van der Waals surface area contributed by atoms with E-state index in [1.807, 2.05) is 0 Å². The normalized spacial score (nSPS) is 15.2. The second-order valence-corrected chi connectivity index (χ2v) is 4.80. The maximum Gasteiger partial charge on any atom is 0.330 e. The third-order valence-electron chi connectivity index (χ3n) is 3.22. The minimum atomic E-state index is -1.07. The molecule has 0 bridgehead atoms. The van der Waals surface area contributed by atoms with Crippen LogP contribution in [0.25, 0.3) is 0 Å². The summed E-state index contributed by atoms with van der Waals surface area (Å²) in [5.41, 5.74) is 0.558. The van der Waals surface area contributed by atoms with E-state index in [0.29, 0.717) is 12.1 Å². The fourth-order valence-corrected chi connectivity index (χ4v) is 2.06. The molecular formula is C15H18N2O3. The second-order valence-electron chi connectivity index (χ2n) is 4.80. The number of hydrogen-bond acceptors (Lipinski definition) is 2. The quantitative estimate of drug-likeness (QED) is 0.781. The van der Waals surface area contributed by atoms with Gasteiger partial charge in [0.05, 0.1) is 0 Å². The Morgan fingerprint density at radius 3 is 2.55 bits per heavy atom. The number of carboxylic acid groups (broad SMARTS) is 1. The molecule has 2 N–H and O–H groups in total. The lowest BCUT2D eigenvalue weighted by molar-refractivity contribution is -0.139. The SMILES string of the molecule is C=CCN(C(=O)N[C@H](C(=O)O)c1ccccc1)C1CC1. The summed E-state index contributed by atoms with van der Waals surface area (Å²) in [5.74, 6) is -1.07. The molecule has 0 radical (unpaired) electrons. The predicted octanol–water partition coefficient (Wildman–Crippen LogP) is 2.17. The third-order valence-corrected chi connectivity index (χ3v) is 3.22. The summed E-state index contributed by atoms with van der Waals surface area (Å²) in [7, 11) is 0. The highest BCUT2D eigenvalue weighted by atomic mass is 16.4. The van der Waals surface area contributed by atoms with Crippen LogP contribution in [0.2, 0.25) is 0 Å². The van der Waals surface area contributed by atoms with Crippen molar-refractivity contribution in [1.82, 2.24) is 10.2 Å². The number of nitrogens with one attached hydrogen (secondary N) is 1. The molecule has 1 aromatic rings. The number of rotatable bonds is 6. The lowest BCUT2D eigenvalue weighted by atomic mass is 10.1. The Morgan fingerprint density at radius 1 is 1.40 bits per heavy atom. The van der Waals surface area contributed by atoms with Gasteiger partial charge in [-0.2, -0.15) is 0 Å². The highest BCUT2D eigenvalue weighted by Gasteiger charge is 2.33. The van der Waals surface area contributed by atoms with Gasteiger partial charge in [0.2, 0.25) is 0 Å². The Hall–Kier alpha value is -2.30. The van der Waals surface area contributed by atoms with Gasteiger partial charge in [-0.05, 0) is 18.4 Å². The first kappa shape index (κ1) is 14.1. The molecule has 0 unspecified atom stereocenters. The number of aliphatic carboxylic acids is 1. The first-order valence-electron chi connectivity index (χ1n) is 6.59. The van der Waals surface area contributed by atoms with Gasteiger partial charge in [-0.1, -0.05) is 36.4 Å². The first-order chi connectivity index (χ1) is 9.63. The Labute approximate surface area is 117 Å². The van der Waals surface area contributed by atoms with E-state index in [-0.39, 0.29) is 12.1 Å². The lowest BCUT2D eigenvalue weighted by Crippen LogP contribution is -2.44. The van der Waals surface area contributed by atoms with E-state index >= 15 is 0 Å². The van der Waals surface area contributed by atoms with Gasteiger partial charge < -0.3 is 15.3 Å². The van der Waals surface area contributed by atoms with Crippen molar-refractivity contribution in [2.75, 3.05) is 6.54 Å². The molecule has 1 aliphatic rings. The highest BCUT2D eigenvalue weighted by Crippen LogP contribution is 2.27. The summed E-state index contributed by atoms with van der Waals surface area (Å²) in [6.45, 7) is 4.06. The molecule has 0 spiro atoms. The fourth-order valence-electron chi connectivity index (χ4n) is 2.06. The summed E-state index contributed by atoms with van der Waals surface area (Å²) in [5, 5.41) is 11.9. The van der Waals surface area contributed by atoms with Crippen LogP contribution in [-0.4, -0.2) is 34.6 Å². The van der Waals surface area contributed by atoms with Gasteiger partial charge >= 0.3 is 12.0 Å². The molecule has 20 heavy (non-hydrogen) atoms. The number of nitrogens with zero attached hydrogens (tertiary/aromatic N) is 1. The van der Waals surface area contributed by atoms with Crippen LogP contribution in [0.4, 0.5) is 4.79 Å². The van der Waals surface area contributed by atoms with E-state index in [2.05, 4.69) is 11.9 Å². The first-order valence-corrected chi connectivity index (χ1v) is 6.59. The van der Waals surface area contributed by atoms with Gasteiger partial charge in [-0.3, -0.25) is 0 Å². The van der Waals surface area contributed by atoms with E-state index in [1.54, 1.807) is 41.3 Å². The molecule has 1 saturated carbocycles. The summed E-state index contributed by atoms with van der Waals surface area (Å²) < 4.78 is 0. The van der Waals surface area contributed by atoms with Crippen molar-refractivity contribution in [1.29, 1.82) is 0 Å². The van der Waals surface area contributed by atoms with Crippen molar-refractivity contribution in [2.45, 2.75) is 24.9 Å². The fraction of sp³-hybridized carbons (Fsp3) is 0.333. The zero-order chi connectivity index (χ0) is 14.5. The molecule has 1 atom stereocenters. The highest BCUT2D eigenvalue weighted by molar-refractivity contribution is 5.84. The van der Waals surface area contributed by atoms with Crippen LogP contribution in [0.3, 0.4) is 0 Å². The third kappa shape index (κ3) is 3.38. The maximum absolute atomic E-state index is 12.2. The minimum absolute atomic E-state index is 0.207. The molecule has 2 amide bonds. The number of hydrogen-bond donors (Lipinski definition) is 2. The molecule has 0 saturated heterocycles. The molecular weight excluding hydrogens is 256 g/mol. The molecule has 2 rings (SSSR count). The monoisotopic (exact) mass is 274 g/mol. The standard InChI is InChI=1S/C15H18N2O3/c1-2-10-17(12-8-9-12)15(20)16-13(14(18)19)11-6-4-3-5-7-11/h2-7,12-13H,1,8-10H2,(H,16,20)(H,18,19)/t13-/m0/s1. The van der Waals surface area contributed by atoms with E-state index < -0.39 is 12.0 Å². The van der Waals surface area contributed by atoms with Gasteiger partial charge in [-0.25, -0.2) is 9.59 Å². The average molecular weight is 274 g/mol. The van der Waals surface area contributed by atoms with Gasteiger partial charge in [0.25, 0.3) is 0 Å². The number of carboxylic acids is 1. The van der Waals surface area contributed by atoms with Gasteiger partial charge in [-0.15, -0.1) is 6.58 Å². The van der Waals surface area contributed by atoms with Crippen LogP contribution in [0, 0.1) is 0 Å². The van der Waals surface area contributed by atoms with Crippen molar-refractivity contribution >= 4 is 12.0 Å². The van der Waals surface area contributed by atoms with Crippen molar-refractivity contribution in [3.63, 3.8) is 0 Å². The zero-order valence-electron chi connectivity index (χ0n) is 11.2. The molecule has 5 heteroatoms. The Balaban J connectivity index is 2.09. The van der Waals surface area contributed by atoms with Crippen molar-refractivity contribution in [3.05, 3.63) is 48.6 Å². The summed E-state index contributed by atoms with van der Waals surface area (Å²) in [4.78, 5) is 25.2. The van der Waals surface area contributed by atoms with Crippen molar-refractivity contribution < 1.29 is 14.7 Å². The van der Waals surface area contributed by atoms with Crippen LogP contribution in [0.15, 0.2) is 43.0 Å². The molecule has 1 fully saturated rings. The number of amides is 2. The molecule has 1 aliphatic carbocycles. The van der Waals surface area contributed by atoms with Gasteiger partial charge in [0.15, 0.2) is 6.04 Å². The predicted molar refractivity (Wildman–Crippen MR) is 75.3 cm³/mol. The Morgan fingerprint density at radius 2 is 2.05 bits per heavy atom. The molecule has 1 aromatic carbocycles. The summed E-state index contributed by atoms with van der Waals surface area (Å²) in [6, 6.07) is 7.50. The minimum Gasteiger partial charge on any atom is -0.479 e. The van der Waals surface area contributed by atoms with E-state index in [9.17, 15) is 14.7 Å². The van der Waals surface area contributed by atoms with Gasteiger partial charge in [0, 0.05) is 12.6 Å². The van der Waals surface area contributed by atoms with Crippen molar-refractivity contribution in [2.24, 2.45) is 0 Å². The molecule has 0 aliphatic heterocycles. The molecule has 0 aromatic heterocycles. The molecule has 5 nitrogen and oxygen atoms in total. The van der Waals surface area contributed by atoms with E-state index in [1.165, 1.54) is 0 Å². The smallest absolute Gasteiger partial charge is 0.330 e. The van der Waals surface area contributed by atoms with Crippen LogP contribution >= 0.6 is 0 Å². The van der Waals surface area contributed by atoms with Crippen LogP contribution in [0.5, 0.6) is 0 Å². The topological polar surface area (TPSA) is 69.6 Å². The largest absolute Gasteiger partial charge is 0.479 e. The zero-order valence-corrected chi connectivity index (χ0v) is 11.2. The van der Waals surface area contributed by atoms with Crippen LogP contribution in [-0.2, 0) is 4.79 Å². The van der Waals surface area contributed by atoms with Crippen molar-refractivity contribution in [3.8, 4) is 0 Å². The summed E-state index contributed by atoms with van der Waals surface area (Å²) in [6.07, 6.45) is 3.57. The lowest BCUT2D eigenvalue weighted by Gasteiger charge is -2.24.